The predicted octanol–water partition coefficient (Wildman–Crippen LogP) is 2.96. The van der Waals surface area contributed by atoms with Crippen LogP contribution >= 0.6 is 22.9 Å². The number of fused-ring (bicyclic) bond motifs is 3. The van der Waals surface area contributed by atoms with Gasteiger partial charge in [-0.15, -0.1) is 0 Å². The van der Waals surface area contributed by atoms with Gasteiger partial charge in [0, 0.05) is 25.7 Å². The van der Waals surface area contributed by atoms with E-state index in [1.54, 1.807) is 0 Å². The molecule has 0 radical (unpaired) electrons. The van der Waals surface area contributed by atoms with Crippen LogP contribution in [0.2, 0.25) is 0 Å². The van der Waals surface area contributed by atoms with Gasteiger partial charge in [-0.05, 0) is 37.0 Å². The van der Waals surface area contributed by atoms with Crippen LogP contribution in [0, 0.1) is 5.92 Å². The molecule has 3 aromatic rings. The van der Waals surface area contributed by atoms with Crippen LogP contribution in [-0.4, -0.2) is 33.4 Å². The number of aromatic nitrogens is 3. The number of benzene rings is 1. The highest BCUT2D eigenvalue weighted by Gasteiger charge is 2.22. The molecule has 6 nitrogen and oxygen atoms in total. The summed E-state index contributed by atoms with van der Waals surface area (Å²) in [6.07, 6.45) is 4.71. The molecular formula is C17H18IN5O. The van der Waals surface area contributed by atoms with Crippen LogP contribution in [0.15, 0.2) is 36.5 Å². The van der Waals surface area contributed by atoms with Gasteiger partial charge in [0.25, 0.3) is 0 Å². The van der Waals surface area contributed by atoms with Gasteiger partial charge in [0.2, 0.25) is 11.7 Å². The number of nitrogens with one attached hydrogen (secondary N) is 1. The SMILES string of the molecule is O=C(CC1CCN(c2ccn3c(n2)nc2ccccc23)CC1)NI. The summed E-state index contributed by atoms with van der Waals surface area (Å²) in [6, 6.07) is 10.1. The Labute approximate surface area is 153 Å². The lowest BCUT2D eigenvalue weighted by Gasteiger charge is -2.32. The van der Waals surface area contributed by atoms with Gasteiger partial charge in [-0.2, -0.15) is 4.98 Å². The average Bonchev–Trinajstić information content (AvgIpc) is 3.00. The van der Waals surface area contributed by atoms with E-state index in [4.69, 9.17) is 4.98 Å². The summed E-state index contributed by atoms with van der Waals surface area (Å²) >= 11 is 1.91. The molecule has 1 aromatic carbocycles. The summed E-state index contributed by atoms with van der Waals surface area (Å²) < 4.78 is 4.71. The van der Waals surface area contributed by atoms with Crippen LogP contribution in [0.25, 0.3) is 16.8 Å². The molecule has 1 aliphatic rings. The van der Waals surface area contributed by atoms with Crippen molar-refractivity contribution in [1.82, 2.24) is 17.9 Å². The lowest BCUT2D eigenvalue weighted by Crippen LogP contribution is -2.35. The van der Waals surface area contributed by atoms with Gasteiger partial charge in [0.15, 0.2) is 0 Å². The maximum absolute atomic E-state index is 11.5. The van der Waals surface area contributed by atoms with Gasteiger partial charge in [-0.1, -0.05) is 12.1 Å². The monoisotopic (exact) mass is 435 g/mol. The Morgan fingerprint density at radius 2 is 2.00 bits per heavy atom. The van der Waals surface area contributed by atoms with Crippen LogP contribution in [0.3, 0.4) is 0 Å². The Hall–Kier alpha value is -1.90. The van der Waals surface area contributed by atoms with E-state index in [1.807, 2.05) is 51.7 Å². The molecule has 1 fully saturated rings. The Kier molecular flexibility index (Phi) is 4.26. The number of imidazole rings is 1. The van der Waals surface area contributed by atoms with Crippen molar-refractivity contribution < 1.29 is 4.79 Å². The first kappa shape index (κ1) is 15.6. The predicted molar refractivity (Wildman–Crippen MR) is 102 cm³/mol. The summed E-state index contributed by atoms with van der Waals surface area (Å²) in [5.41, 5.74) is 2.04. The number of anilines is 1. The molecule has 0 bridgehead atoms. The number of carbonyl (C=O) groups excluding carboxylic acids is 1. The van der Waals surface area contributed by atoms with E-state index in [9.17, 15) is 4.79 Å². The molecule has 24 heavy (non-hydrogen) atoms. The van der Waals surface area contributed by atoms with Gasteiger partial charge < -0.3 is 4.90 Å². The number of hydrogen-bond acceptors (Lipinski definition) is 4. The normalized spacial score (nSPS) is 16.0. The molecule has 3 heterocycles. The molecule has 0 atom stereocenters. The van der Waals surface area contributed by atoms with E-state index < -0.39 is 0 Å². The number of amides is 1. The quantitative estimate of drug-likeness (QED) is 0.508. The van der Waals surface area contributed by atoms with Gasteiger partial charge in [-0.3, -0.25) is 12.7 Å². The van der Waals surface area contributed by atoms with Crippen molar-refractivity contribution in [2.75, 3.05) is 18.0 Å². The second kappa shape index (κ2) is 6.54. The number of para-hydroxylation sites is 2. The van der Waals surface area contributed by atoms with Gasteiger partial charge in [0.1, 0.15) is 5.82 Å². The zero-order valence-electron chi connectivity index (χ0n) is 13.2. The molecule has 0 saturated carbocycles. The second-order valence-electron chi connectivity index (χ2n) is 6.21. The van der Waals surface area contributed by atoms with Crippen LogP contribution in [0.1, 0.15) is 19.3 Å². The minimum Gasteiger partial charge on any atom is -0.356 e. The fourth-order valence-electron chi connectivity index (χ4n) is 3.38. The topological polar surface area (TPSA) is 62.5 Å². The van der Waals surface area contributed by atoms with E-state index in [0.29, 0.717) is 12.3 Å². The Morgan fingerprint density at radius 3 is 2.79 bits per heavy atom. The van der Waals surface area contributed by atoms with Crippen molar-refractivity contribution in [1.29, 1.82) is 0 Å². The van der Waals surface area contributed by atoms with E-state index in [-0.39, 0.29) is 5.91 Å². The number of nitrogens with zero attached hydrogens (tertiary/aromatic N) is 4. The summed E-state index contributed by atoms with van der Waals surface area (Å²) in [6.45, 7) is 1.87. The molecule has 0 spiro atoms. The first-order valence-corrected chi connectivity index (χ1v) is 9.21. The number of carbonyl (C=O) groups is 1. The van der Waals surface area contributed by atoms with Gasteiger partial charge in [0.05, 0.1) is 33.9 Å². The Balaban J connectivity index is 1.53. The Bertz CT molecular complexity index is 885. The van der Waals surface area contributed by atoms with Crippen LogP contribution < -0.4 is 8.43 Å². The molecule has 1 amide bonds. The summed E-state index contributed by atoms with van der Waals surface area (Å²) in [5.74, 6) is 2.29. The third-order valence-electron chi connectivity index (χ3n) is 4.68. The second-order valence-corrected chi connectivity index (χ2v) is 6.75. The largest absolute Gasteiger partial charge is 0.356 e. The molecule has 2 aromatic heterocycles. The van der Waals surface area contributed by atoms with Crippen molar-refractivity contribution in [2.24, 2.45) is 5.92 Å². The third-order valence-corrected chi connectivity index (χ3v) is 5.28. The summed E-state index contributed by atoms with van der Waals surface area (Å²) in [5, 5.41) is 0. The van der Waals surface area contributed by atoms with E-state index in [0.717, 1.165) is 48.6 Å². The summed E-state index contributed by atoms with van der Waals surface area (Å²) in [7, 11) is 0. The zero-order valence-corrected chi connectivity index (χ0v) is 15.3. The molecular weight excluding hydrogens is 417 g/mol. The minimum absolute atomic E-state index is 0.123. The van der Waals surface area contributed by atoms with Crippen molar-refractivity contribution in [2.45, 2.75) is 19.3 Å². The standard InChI is InChI=1S/C17H18IN5O/c18-21-16(24)11-12-5-8-22(9-6-12)15-7-10-23-14-4-2-1-3-13(14)19-17(23)20-15/h1-4,7,10,12H,5-6,8-9,11H2,(H,21,24). The molecule has 124 valence electrons. The van der Waals surface area contributed by atoms with E-state index in [1.165, 1.54) is 0 Å². The molecule has 0 unspecified atom stereocenters. The van der Waals surface area contributed by atoms with Crippen molar-refractivity contribution in [3.8, 4) is 0 Å². The van der Waals surface area contributed by atoms with E-state index >= 15 is 0 Å². The van der Waals surface area contributed by atoms with Crippen molar-refractivity contribution in [3.63, 3.8) is 0 Å². The maximum atomic E-state index is 11.5. The highest BCUT2D eigenvalue weighted by Crippen LogP contribution is 2.25. The zero-order chi connectivity index (χ0) is 16.5. The van der Waals surface area contributed by atoms with Crippen LogP contribution in [0.4, 0.5) is 5.82 Å². The lowest BCUT2D eigenvalue weighted by atomic mass is 9.93. The maximum Gasteiger partial charge on any atom is 0.236 e. The number of hydrogen-bond donors (Lipinski definition) is 1. The fourth-order valence-corrected chi connectivity index (χ4v) is 3.60. The van der Waals surface area contributed by atoms with Crippen LogP contribution in [-0.2, 0) is 4.79 Å². The highest BCUT2D eigenvalue weighted by atomic mass is 127. The van der Waals surface area contributed by atoms with Gasteiger partial charge >= 0.3 is 0 Å². The average molecular weight is 435 g/mol. The molecule has 1 aliphatic heterocycles. The smallest absolute Gasteiger partial charge is 0.236 e. The Morgan fingerprint density at radius 1 is 1.21 bits per heavy atom. The van der Waals surface area contributed by atoms with E-state index in [2.05, 4.69) is 25.5 Å². The molecule has 1 saturated heterocycles. The molecule has 1 N–H and O–H groups in total. The van der Waals surface area contributed by atoms with Crippen LogP contribution in [0.5, 0.6) is 0 Å². The minimum atomic E-state index is 0.123. The third kappa shape index (κ3) is 2.92. The first-order valence-electron chi connectivity index (χ1n) is 8.13. The molecule has 7 heteroatoms. The molecule has 0 aliphatic carbocycles. The number of piperidine rings is 1. The number of halogens is 1. The number of rotatable bonds is 3. The summed E-state index contributed by atoms with van der Waals surface area (Å²) in [4.78, 5) is 23.1. The van der Waals surface area contributed by atoms with Crippen molar-refractivity contribution in [3.05, 3.63) is 36.5 Å². The van der Waals surface area contributed by atoms with Gasteiger partial charge in [-0.25, -0.2) is 4.98 Å². The highest BCUT2D eigenvalue weighted by molar-refractivity contribution is 14.1. The first-order chi connectivity index (χ1) is 11.7. The molecule has 4 rings (SSSR count). The lowest BCUT2D eigenvalue weighted by molar-refractivity contribution is -0.119. The fraction of sp³-hybridized carbons (Fsp3) is 0.353. The van der Waals surface area contributed by atoms with Crippen molar-refractivity contribution >= 4 is 51.4 Å².